The average Bonchev–Trinajstić information content (AvgIpc) is 3.38. The first-order chi connectivity index (χ1) is 21.9. The Labute approximate surface area is 262 Å². The van der Waals surface area contributed by atoms with E-state index in [9.17, 15) is 49.8 Å². The molecule has 1 fully saturated rings. The van der Waals surface area contributed by atoms with Crippen LogP contribution in [0, 0.1) is 11.3 Å². The van der Waals surface area contributed by atoms with Crippen molar-refractivity contribution in [2.75, 3.05) is 18.5 Å². The summed E-state index contributed by atoms with van der Waals surface area (Å²) in [5, 5.41) is 17.0. The fourth-order valence-corrected chi connectivity index (χ4v) is 4.90. The molecule has 1 saturated carbocycles. The van der Waals surface area contributed by atoms with Gasteiger partial charge in [0.25, 0.3) is 12.3 Å². The molecule has 1 aliphatic rings. The number of aromatic amines is 1. The first-order valence-electron chi connectivity index (χ1n) is 14.4. The fraction of sp³-hybridized carbons (Fsp3) is 0.517. The van der Waals surface area contributed by atoms with Gasteiger partial charge in [0.2, 0.25) is 17.7 Å². The third kappa shape index (κ3) is 8.99. The molecule has 2 aromatic heterocycles. The summed E-state index contributed by atoms with van der Waals surface area (Å²) in [5.74, 6) is -3.71. The summed E-state index contributed by atoms with van der Waals surface area (Å²) in [6, 6.07) is 3.56. The lowest BCUT2D eigenvalue weighted by molar-refractivity contribution is -0.182. The predicted molar refractivity (Wildman–Crippen MR) is 152 cm³/mol. The second-order valence-electron chi connectivity index (χ2n) is 11.8. The Kier molecular flexibility index (Phi) is 10.5. The van der Waals surface area contributed by atoms with Crippen LogP contribution >= 0.6 is 0 Å². The van der Waals surface area contributed by atoms with E-state index in [4.69, 9.17) is 4.74 Å². The highest BCUT2D eigenvalue weighted by molar-refractivity contribution is 5.99. The van der Waals surface area contributed by atoms with Gasteiger partial charge in [-0.2, -0.15) is 31.3 Å². The van der Waals surface area contributed by atoms with Gasteiger partial charge in [-0.1, -0.05) is 6.07 Å². The van der Waals surface area contributed by atoms with Crippen LogP contribution in [0.4, 0.5) is 46.8 Å². The summed E-state index contributed by atoms with van der Waals surface area (Å²) in [4.78, 5) is 36.2. The molecule has 47 heavy (non-hydrogen) atoms. The number of hydrogen-bond acceptors (Lipinski definition) is 7. The number of benzene rings is 1. The number of fused-ring (bicyclic) bond motifs is 1. The monoisotopic (exact) mass is 680 g/mol. The standard InChI is InChI=1S/C29H32F8N6O4/c1-27(2,13-44)25(46)38-11-14-3-8-18(29(35,36)37)19(9-14)40-26-41-20-10-17(24(42-22(20)43-26)47-12-21(30)31)23(45)39-16-6-4-15(5-7-16)28(32,33)34/h3,8-10,15-16,21,44H,4-7,11-13H2,1-2H3,(H,38,46)(H,39,45)(H2,40,41,42,43)/t15-,16-. The van der Waals surface area contributed by atoms with Crippen LogP contribution < -0.4 is 20.7 Å². The van der Waals surface area contributed by atoms with Crippen LogP contribution in [0.5, 0.6) is 5.88 Å². The van der Waals surface area contributed by atoms with E-state index in [1.54, 1.807) is 0 Å². The molecule has 0 saturated heterocycles. The fourth-order valence-electron chi connectivity index (χ4n) is 4.90. The maximum absolute atomic E-state index is 13.9. The Morgan fingerprint density at radius 1 is 1.04 bits per heavy atom. The molecule has 3 aromatic rings. The number of rotatable bonds is 11. The van der Waals surface area contributed by atoms with E-state index in [0.29, 0.717) is 0 Å². The number of alkyl halides is 8. The molecule has 0 radical (unpaired) electrons. The summed E-state index contributed by atoms with van der Waals surface area (Å²) in [5.41, 5.74) is -2.97. The van der Waals surface area contributed by atoms with Crippen LogP contribution in [0.3, 0.4) is 0 Å². The number of aliphatic hydroxyl groups is 1. The van der Waals surface area contributed by atoms with Crippen LogP contribution in [-0.2, 0) is 17.5 Å². The number of hydrogen-bond donors (Lipinski definition) is 5. The second-order valence-corrected chi connectivity index (χ2v) is 11.8. The van der Waals surface area contributed by atoms with Crippen LogP contribution in [-0.4, -0.2) is 63.7 Å². The lowest BCUT2D eigenvalue weighted by atomic mass is 9.85. The van der Waals surface area contributed by atoms with Gasteiger partial charge in [0, 0.05) is 12.6 Å². The zero-order valence-corrected chi connectivity index (χ0v) is 25.1. The highest BCUT2D eigenvalue weighted by Crippen LogP contribution is 2.38. The number of anilines is 2. The quantitative estimate of drug-likeness (QED) is 0.160. The number of halogens is 8. The number of aliphatic hydroxyl groups excluding tert-OH is 1. The number of H-pyrrole nitrogens is 1. The van der Waals surface area contributed by atoms with E-state index in [-0.39, 0.29) is 60.5 Å². The number of nitrogens with one attached hydrogen (secondary N) is 4. The van der Waals surface area contributed by atoms with Gasteiger partial charge in [0.1, 0.15) is 11.1 Å². The highest BCUT2D eigenvalue weighted by atomic mass is 19.4. The summed E-state index contributed by atoms with van der Waals surface area (Å²) in [7, 11) is 0. The van der Waals surface area contributed by atoms with Crippen molar-refractivity contribution in [1.29, 1.82) is 0 Å². The van der Waals surface area contributed by atoms with E-state index in [2.05, 4.69) is 30.9 Å². The molecule has 4 rings (SSSR count). The molecular weight excluding hydrogens is 648 g/mol. The summed E-state index contributed by atoms with van der Waals surface area (Å²) >= 11 is 0. The van der Waals surface area contributed by atoms with Gasteiger partial charge >= 0.3 is 12.4 Å². The van der Waals surface area contributed by atoms with Crippen molar-refractivity contribution >= 4 is 34.6 Å². The topological polar surface area (TPSA) is 141 Å². The predicted octanol–water partition coefficient (Wildman–Crippen LogP) is 5.85. The molecule has 1 aromatic carbocycles. The number of ether oxygens (including phenoxy) is 1. The van der Waals surface area contributed by atoms with Gasteiger partial charge in [-0.15, -0.1) is 0 Å². The number of aromatic nitrogens is 3. The van der Waals surface area contributed by atoms with Crippen LogP contribution in [0.2, 0.25) is 0 Å². The maximum Gasteiger partial charge on any atom is 0.418 e. The minimum absolute atomic E-state index is 0.0266. The van der Waals surface area contributed by atoms with E-state index in [1.165, 1.54) is 13.8 Å². The summed E-state index contributed by atoms with van der Waals surface area (Å²) in [6.07, 6.45) is -12.5. The van der Waals surface area contributed by atoms with Gasteiger partial charge in [0.15, 0.2) is 12.3 Å². The number of carbonyl (C=O) groups is 2. The zero-order chi connectivity index (χ0) is 34.7. The zero-order valence-electron chi connectivity index (χ0n) is 25.1. The van der Waals surface area contributed by atoms with E-state index in [1.807, 2.05) is 0 Å². The molecule has 1 aliphatic carbocycles. The number of carbonyl (C=O) groups excluding carboxylic acids is 2. The Morgan fingerprint density at radius 3 is 2.32 bits per heavy atom. The van der Waals surface area contributed by atoms with Crippen LogP contribution in [0.15, 0.2) is 24.3 Å². The maximum atomic E-state index is 13.9. The molecule has 258 valence electrons. The molecule has 2 amide bonds. The summed E-state index contributed by atoms with van der Waals surface area (Å²) < 4.78 is 112. The van der Waals surface area contributed by atoms with Crippen molar-refractivity contribution in [3.8, 4) is 5.88 Å². The lowest BCUT2D eigenvalue weighted by Crippen LogP contribution is -2.40. The minimum atomic E-state index is -4.81. The molecule has 0 bridgehead atoms. The van der Waals surface area contributed by atoms with E-state index < -0.39 is 78.3 Å². The SMILES string of the molecule is CC(C)(CO)C(=O)NCc1ccc(C(F)(F)F)c(Nc2nc3cc(C(=O)N[C@H]4CC[C@H](C(F)(F)F)CC4)c(OCC(F)F)nc3[nH]2)c1. The largest absolute Gasteiger partial charge is 0.471 e. The third-order valence-electron chi connectivity index (χ3n) is 7.66. The van der Waals surface area contributed by atoms with Crippen molar-refractivity contribution < 1.29 is 54.6 Å². The molecule has 18 heteroatoms. The van der Waals surface area contributed by atoms with Crippen molar-refractivity contribution in [1.82, 2.24) is 25.6 Å². The van der Waals surface area contributed by atoms with E-state index in [0.717, 1.165) is 24.3 Å². The van der Waals surface area contributed by atoms with Crippen molar-refractivity contribution in [3.05, 3.63) is 41.0 Å². The normalized spacial score (nSPS) is 17.5. The van der Waals surface area contributed by atoms with Crippen LogP contribution in [0.25, 0.3) is 11.2 Å². The Hall–Kier alpha value is -4.22. The molecule has 0 spiro atoms. The van der Waals surface area contributed by atoms with Gasteiger partial charge in [-0.3, -0.25) is 9.59 Å². The van der Waals surface area contributed by atoms with Gasteiger partial charge in [0.05, 0.1) is 29.2 Å². The smallest absolute Gasteiger partial charge is 0.418 e. The molecular formula is C29H32F8N6O4. The third-order valence-corrected chi connectivity index (χ3v) is 7.66. The van der Waals surface area contributed by atoms with Gasteiger partial charge < -0.3 is 30.8 Å². The van der Waals surface area contributed by atoms with Crippen molar-refractivity contribution in [3.63, 3.8) is 0 Å². The van der Waals surface area contributed by atoms with Gasteiger partial charge in [-0.25, -0.2) is 13.8 Å². The molecule has 5 N–H and O–H groups in total. The van der Waals surface area contributed by atoms with Crippen molar-refractivity contribution in [2.24, 2.45) is 11.3 Å². The van der Waals surface area contributed by atoms with E-state index >= 15 is 0 Å². The molecule has 0 aliphatic heterocycles. The number of amides is 2. The second kappa shape index (κ2) is 13.9. The first kappa shape index (κ1) is 35.6. The molecule has 0 atom stereocenters. The Morgan fingerprint density at radius 2 is 1.72 bits per heavy atom. The average molecular weight is 681 g/mol. The van der Waals surface area contributed by atoms with Crippen molar-refractivity contribution in [2.45, 2.75) is 70.9 Å². The van der Waals surface area contributed by atoms with Crippen LogP contribution in [0.1, 0.15) is 61.0 Å². The lowest BCUT2D eigenvalue weighted by Gasteiger charge is -2.30. The molecule has 10 nitrogen and oxygen atoms in total. The summed E-state index contributed by atoms with van der Waals surface area (Å²) in [6.45, 7) is 1.19. The number of imidazole rings is 1. The Bertz CT molecular complexity index is 1580. The first-order valence-corrected chi connectivity index (χ1v) is 14.4. The highest BCUT2D eigenvalue weighted by Gasteiger charge is 2.41. The minimum Gasteiger partial charge on any atom is -0.471 e. The Balaban J connectivity index is 1.60. The number of nitrogens with zero attached hydrogens (tertiary/aromatic N) is 2. The molecule has 0 unspecified atom stereocenters. The van der Waals surface area contributed by atoms with Gasteiger partial charge in [-0.05, 0) is 63.3 Å². The molecule has 2 heterocycles. The number of pyridine rings is 1.